The molecule has 1 unspecified atom stereocenters. The van der Waals surface area contributed by atoms with E-state index in [9.17, 15) is 10.2 Å². The first-order valence-electron chi connectivity index (χ1n) is 8.62. The van der Waals surface area contributed by atoms with E-state index in [4.69, 9.17) is 11.6 Å². The molecule has 2 aromatic heterocycles. The summed E-state index contributed by atoms with van der Waals surface area (Å²) in [6.07, 6.45) is 4.62. The van der Waals surface area contributed by atoms with Crippen LogP contribution in [0.15, 0.2) is 55.1 Å². The van der Waals surface area contributed by atoms with Crippen molar-refractivity contribution in [3.05, 3.63) is 77.1 Å². The number of hydrogen-bond acceptors (Lipinski definition) is 5. The van der Waals surface area contributed by atoms with E-state index in [1.165, 1.54) is 6.33 Å². The van der Waals surface area contributed by atoms with Gasteiger partial charge in [-0.1, -0.05) is 50.6 Å². The van der Waals surface area contributed by atoms with Gasteiger partial charge in [0.2, 0.25) is 0 Å². The van der Waals surface area contributed by atoms with Crippen molar-refractivity contribution in [2.24, 2.45) is 5.41 Å². The van der Waals surface area contributed by atoms with E-state index in [1.807, 2.05) is 51.1 Å². The number of benzene rings is 1. The number of aliphatic hydroxyl groups is 2. The number of hydrogen-bond donors (Lipinski definition) is 2. The van der Waals surface area contributed by atoms with Gasteiger partial charge in [0.05, 0.1) is 18.0 Å². The maximum Gasteiger partial charge on any atom is 0.139 e. The van der Waals surface area contributed by atoms with Crippen molar-refractivity contribution in [3.63, 3.8) is 0 Å². The molecule has 0 fully saturated rings. The van der Waals surface area contributed by atoms with Gasteiger partial charge in [-0.15, -0.1) is 0 Å². The zero-order valence-corrected chi connectivity index (χ0v) is 16.3. The second-order valence-corrected chi connectivity index (χ2v) is 7.88. The summed E-state index contributed by atoms with van der Waals surface area (Å²) in [5.74, 6) is 0. The van der Waals surface area contributed by atoms with Gasteiger partial charge in [0.1, 0.15) is 11.9 Å². The van der Waals surface area contributed by atoms with Crippen molar-refractivity contribution in [1.29, 1.82) is 0 Å². The minimum Gasteiger partial charge on any atom is -0.390 e. The highest BCUT2D eigenvalue weighted by Crippen LogP contribution is 2.44. The number of aromatic nitrogens is 3. The van der Waals surface area contributed by atoms with Gasteiger partial charge in [-0.3, -0.25) is 4.98 Å². The molecule has 0 saturated carbocycles. The molecule has 2 heterocycles. The van der Waals surface area contributed by atoms with Crippen molar-refractivity contribution in [2.75, 3.05) is 0 Å². The minimum atomic E-state index is -1.47. The van der Waals surface area contributed by atoms with Gasteiger partial charge in [-0.2, -0.15) is 0 Å². The van der Waals surface area contributed by atoms with Crippen molar-refractivity contribution < 1.29 is 10.2 Å². The number of aliphatic hydroxyl groups excluding tert-OH is 1. The second kappa shape index (κ2) is 7.35. The number of halogens is 1. The Hall–Kier alpha value is -2.34. The summed E-state index contributed by atoms with van der Waals surface area (Å²) in [7, 11) is 0. The molecule has 6 heteroatoms. The van der Waals surface area contributed by atoms with Crippen LogP contribution in [0.4, 0.5) is 0 Å². The van der Waals surface area contributed by atoms with Crippen LogP contribution < -0.4 is 0 Å². The van der Waals surface area contributed by atoms with Crippen LogP contribution in [0.3, 0.4) is 0 Å². The van der Waals surface area contributed by atoms with Crippen LogP contribution in [-0.4, -0.2) is 25.2 Å². The Labute approximate surface area is 163 Å². The molecule has 0 spiro atoms. The van der Waals surface area contributed by atoms with Crippen LogP contribution in [0.2, 0.25) is 5.02 Å². The lowest BCUT2D eigenvalue weighted by atomic mass is 9.70. The summed E-state index contributed by atoms with van der Waals surface area (Å²) in [5, 5.41) is 22.1. The zero-order chi connectivity index (χ0) is 19.7. The standard InChI is InChI=1S/C21H22ClN3O2/c1-20(2,3)21(27,17-11-23-13-25-18(17)12-26)19-9-6-15(10-24-19)14-4-7-16(22)8-5-14/h4-11,13,26-27H,12H2,1-3H3. The topological polar surface area (TPSA) is 79.1 Å². The Morgan fingerprint density at radius 3 is 2.15 bits per heavy atom. The first kappa shape index (κ1) is 19.4. The Bertz CT molecular complexity index is 921. The van der Waals surface area contributed by atoms with Crippen molar-refractivity contribution in [1.82, 2.24) is 15.0 Å². The van der Waals surface area contributed by atoms with E-state index in [1.54, 1.807) is 18.5 Å². The molecule has 3 rings (SSSR count). The van der Waals surface area contributed by atoms with Crippen molar-refractivity contribution in [2.45, 2.75) is 33.0 Å². The van der Waals surface area contributed by atoms with Gasteiger partial charge in [0, 0.05) is 34.0 Å². The van der Waals surface area contributed by atoms with E-state index in [0.717, 1.165) is 11.1 Å². The third-order valence-corrected chi connectivity index (χ3v) is 4.98. The predicted molar refractivity (Wildman–Crippen MR) is 105 cm³/mol. The van der Waals surface area contributed by atoms with Gasteiger partial charge in [-0.25, -0.2) is 9.97 Å². The lowest BCUT2D eigenvalue weighted by Gasteiger charge is -2.40. The average molecular weight is 384 g/mol. The minimum absolute atomic E-state index is 0.293. The first-order chi connectivity index (χ1) is 12.8. The van der Waals surface area contributed by atoms with Gasteiger partial charge >= 0.3 is 0 Å². The molecule has 1 aromatic carbocycles. The fourth-order valence-corrected chi connectivity index (χ4v) is 3.26. The van der Waals surface area contributed by atoms with E-state index < -0.39 is 11.0 Å². The molecule has 2 N–H and O–H groups in total. The van der Waals surface area contributed by atoms with Gasteiger partial charge in [0.25, 0.3) is 0 Å². The molecule has 5 nitrogen and oxygen atoms in total. The molecule has 3 aromatic rings. The summed E-state index contributed by atoms with van der Waals surface area (Å²) in [6.45, 7) is 5.45. The lowest BCUT2D eigenvalue weighted by molar-refractivity contribution is -0.0317. The van der Waals surface area contributed by atoms with Gasteiger partial charge in [0.15, 0.2) is 0 Å². The summed E-state index contributed by atoms with van der Waals surface area (Å²) in [5.41, 5.74) is 1.12. The van der Waals surface area contributed by atoms with Crippen molar-refractivity contribution >= 4 is 11.6 Å². The molecule has 0 aliphatic rings. The fourth-order valence-electron chi connectivity index (χ4n) is 3.13. The molecule has 0 radical (unpaired) electrons. The number of pyridine rings is 1. The second-order valence-electron chi connectivity index (χ2n) is 7.44. The maximum atomic E-state index is 11.7. The summed E-state index contributed by atoms with van der Waals surface area (Å²) in [6, 6.07) is 11.2. The van der Waals surface area contributed by atoms with Crippen LogP contribution in [0, 0.1) is 5.41 Å². The van der Waals surface area contributed by atoms with E-state index in [2.05, 4.69) is 15.0 Å². The van der Waals surface area contributed by atoms with Crippen LogP contribution in [-0.2, 0) is 12.2 Å². The van der Waals surface area contributed by atoms with Crippen LogP contribution in [0.5, 0.6) is 0 Å². The van der Waals surface area contributed by atoms with Crippen molar-refractivity contribution in [3.8, 4) is 11.1 Å². The SMILES string of the molecule is CC(C)(C)C(O)(c1ccc(-c2ccc(Cl)cc2)cn1)c1cncnc1CO. The van der Waals surface area contributed by atoms with Gasteiger partial charge < -0.3 is 10.2 Å². The molecule has 140 valence electrons. The molecule has 0 saturated heterocycles. The number of rotatable bonds is 4. The van der Waals surface area contributed by atoms with E-state index >= 15 is 0 Å². The van der Waals surface area contributed by atoms with E-state index in [-0.39, 0.29) is 6.61 Å². The molecule has 0 bridgehead atoms. The summed E-state index contributed by atoms with van der Waals surface area (Å²) in [4.78, 5) is 12.7. The van der Waals surface area contributed by atoms with E-state index in [0.29, 0.717) is 22.0 Å². The molecule has 1 atom stereocenters. The average Bonchev–Trinajstić information content (AvgIpc) is 2.67. The first-order valence-corrected chi connectivity index (χ1v) is 9.00. The third-order valence-electron chi connectivity index (χ3n) is 4.73. The predicted octanol–water partition coefficient (Wildman–Crippen LogP) is 3.97. The maximum absolute atomic E-state index is 11.7. The third kappa shape index (κ3) is 3.58. The normalized spacial score (nSPS) is 14.0. The highest BCUT2D eigenvalue weighted by atomic mass is 35.5. The fraction of sp³-hybridized carbons (Fsp3) is 0.286. The zero-order valence-electron chi connectivity index (χ0n) is 15.5. The molecular weight excluding hydrogens is 362 g/mol. The van der Waals surface area contributed by atoms with Crippen LogP contribution in [0.25, 0.3) is 11.1 Å². The Kier molecular flexibility index (Phi) is 5.29. The monoisotopic (exact) mass is 383 g/mol. The quantitative estimate of drug-likeness (QED) is 0.712. The largest absolute Gasteiger partial charge is 0.390 e. The Balaban J connectivity index is 2.10. The van der Waals surface area contributed by atoms with Gasteiger partial charge in [-0.05, 0) is 23.8 Å². The van der Waals surface area contributed by atoms with Crippen LogP contribution in [0.1, 0.15) is 37.7 Å². The molecule has 0 amide bonds. The molecule has 27 heavy (non-hydrogen) atoms. The Morgan fingerprint density at radius 1 is 0.926 bits per heavy atom. The highest BCUT2D eigenvalue weighted by Gasteiger charge is 2.46. The molecular formula is C21H22ClN3O2. The summed E-state index contributed by atoms with van der Waals surface area (Å²) < 4.78 is 0. The molecule has 0 aliphatic carbocycles. The highest BCUT2D eigenvalue weighted by molar-refractivity contribution is 6.30. The Morgan fingerprint density at radius 2 is 1.59 bits per heavy atom. The number of nitrogens with zero attached hydrogens (tertiary/aromatic N) is 3. The molecule has 0 aliphatic heterocycles. The smallest absolute Gasteiger partial charge is 0.139 e. The lowest BCUT2D eigenvalue weighted by Crippen LogP contribution is -2.43. The van der Waals surface area contributed by atoms with Crippen LogP contribution >= 0.6 is 11.6 Å². The summed E-state index contributed by atoms with van der Waals surface area (Å²) >= 11 is 5.95.